The summed E-state index contributed by atoms with van der Waals surface area (Å²) in [5.74, 6) is 1.24. The van der Waals surface area contributed by atoms with Crippen LogP contribution in [0.25, 0.3) is 0 Å². The van der Waals surface area contributed by atoms with Gasteiger partial charge in [0.05, 0.1) is 12.8 Å². The average molecular weight is 350 g/mol. The van der Waals surface area contributed by atoms with Crippen molar-refractivity contribution in [1.29, 1.82) is 0 Å². The molecule has 0 atom stereocenters. The van der Waals surface area contributed by atoms with Crippen LogP contribution in [-0.2, 0) is 6.61 Å². The van der Waals surface area contributed by atoms with E-state index in [9.17, 15) is 0 Å². The highest BCUT2D eigenvalue weighted by molar-refractivity contribution is 9.10. The lowest BCUT2D eigenvalue weighted by atomic mass is 10.1. The zero-order chi connectivity index (χ0) is 15.2. The standard InChI is InChI=1S/C16H16BrNO3/c1-11(18-19)12-7-8-15(16(9-12)20-2)21-10-13-5-3-4-6-14(13)17/h3-9,19H,10H2,1-2H3/b18-11+. The van der Waals surface area contributed by atoms with Gasteiger partial charge in [0.2, 0.25) is 0 Å². The molecule has 0 spiro atoms. The fourth-order valence-corrected chi connectivity index (χ4v) is 2.24. The second-order valence-electron chi connectivity index (χ2n) is 4.43. The van der Waals surface area contributed by atoms with Gasteiger partial charge >= 0.3 is 0 Å². The maximum absolute atomic E-state index is 8.81. The van der Waals surface area contributed by atoms with E-state index in [4.69, 9.17) is 14.7 Å². The second kappa shape index (κ2) is 7.13. The fraction of sp³-hybridized carbons (Fsp3) is 0.188. The van der Waals surface area contributed by atoms with E-state index in [0.717, 1.165) is 15.6 Å². The summed E-state index contributed by atoms with van der Waals surface area (Å²) in [7, 11) is 1.58. The number of hydrogen-bond donors (Lipinski definition) is 1. The first-order chi connectivity index (χ1) is 10.2. The molecule has 0 aliphatic rings. The number of methoxy groups -OCH3 is 1. The van der Waals surface area contributed by atoms with Crippen LogP contribution in [0, 0.1) is 0 Å². The highest BCUT2D eigenvalue weighted by Gasteiger charge is 2.09. The molecule has 0 heterocycles. The molecule has 4 nitrogen and oxygen atoms in total. The van der Waals surface area contributed by atoms with Gasteiger partial charge in [-0.3, -0.25) is 0 Å². The Morgan fingerprint density at radius 2 is 1.95 bits per heavy atom. The third-order valence-electron chi connectivity index (χ3n) is 3.07. The molecule has 110 valence electrons. The molecule has 0 saturated heterocycles. The van der Waals surface area contributed by atoms with Crippen molar-refractivity contribution in [3.63, 3.8) is 0 Å². The van der Waals surface area contributed by atoms with Gasteiger partial charge in [-0.1, -0.05) is 39.3 Å². The molecular formula is C16H16BrNO3. The van der Waals surface area contributed by atoms with Gasteiger partial charge in [-0.15, -0.1) is 0 Å². The van der Waals surface area contributed by atoms with E-state index in [2.05, 4.69) is 21.1 Å². The van der Waals surface area contributed by atoms with E-state index in [-0.39, 0.29) is 0 Å². The molecule has 1 N–H and O–H groups in total. The smallest absolute Gasteiger partial charge is 0.161 e. The van der Waals surface area contributed by atoms with Crippen molar-refractivity contribution in [2.24, 2.45) is 5.16 Å². The van der Waals surface area contributed by atoms with Crippen molar-refractivity contribution >= 4 is 21.6 Å². The first-order valence-corrected chi connectivity index (χ1v) is 7.18. The number of halogens is 1. The maximum atomic E-state index is 8.81. The Kier molecular flexibility index (Phi) is 5.22. The van der Waals surface area contributed by atoms with Gasteiger partial charge in [0.25, 0.3) is 0 Å². The monoisotopic (exact) mass is 349 g/mol. The molecule has 2 aromatic carbocycles. The van der Waals surface area contributed by atoms with Gasteiger partial charge < -0.3 is 14.7 Å². The number of benzene rings is 2. The van der Waals surface area contributed by atoms with E-state index in [1.54, 1.807) is 26.2 Å². The Labute approximate surface area is 132 Å². The van der Waals surface area contributed by atoms with Gasteiger partial charge in [-0.2, -0.15) is 0 Å². The number of rotatable bonds is 5. The van der Waals surface area contributed by atoms with E-state index in [1.165, 1.54) is 0 Å². The summed E-state index contributed by atoms with van der Waals surface area (Å²) >= 11 is 3.49. The predicted molar refractivity (Wildman–Crippen MR) is 85.5 cm³/mol. The van der Waals surface area contributed by atoms with Gasteiger partial charge in [-0.25, -0.2) is 0 Å². The van der Waals surface area contributed by atoms with Crippen LogP contribution in [0.4, 0.5) is 0 Å². The quantitative estimate of drug-likeness (QED) is 0.499. The minimum absolute atomic E-state index is 0.435. The number of hydrogen-bond acceptors (Lipinski definition) is 4. The highest BCUT2D eigenvalue weighted by Crippen LogP contribution is 2.29. The molecule has 0 radical (unpaired) electrons. The first kappa shape index (κ1) is 15.4. The Morgan fingerprint density at radius 3 is 2.62 bits per heavy atom. The largest absolute Gasteiger partial charge is 0.493 e. The van der Waals surface area contributed by atoms with Gasteiger partial charge in [-0.05, 0) is 31.2 Å². The second-order valence-corrected chi connectivity index (χ2v) is 5.29. The van der Waals surface area contributed by atoms with Gasteiger partial charge in [0, 0.05) is 15.6 Å². The average Bonchev–Trinajstić information content (AvgIpc) is 2.53. The molecular weight excluding hydrogens is 334 g/mol. The van der Waals surface area contributed by atoms with Crippen molar-refractivity contribution < 1.29 is 14.7 Å². The van der Waals surface area contributed by atoms with Crippen molar-refractivity contribution in [3.05, 3.63) is 58.1 Å². The van der Waals surface area contributed by atoms with Crippen LogP contribution in [0.1, 0.15) is 18.1 Å². The van der Waals surface area contributed by atoms with Crippen LogP contribution in [0.2, 0.25) is 0 Å². The molecule has 0 unspecified atom stereocenters. The van der Waals surface area contributed by atoms with Crippen molar-refractivity contribution in [2.75, 3.05) is 7.11 Å². The third kappa shape index (κ3) is 3.76. The molecule has 0 fully saturated rings. The summed E-state index contributed by atoms with van der Waals surface area (Å²) in [6, 6.07) is 13.3. The third-order valence-corrected chi connectivity index (χ3v) is 3.85. The Balaban J connectivity index is 2.19. The molecule has 2 rings (SSSR count). The summed E-state index contributed by atoms with van der Waals surface area (Å²) in [4.78, 5) is 0. The van der Waals surface area contributed by atoms with E-state index in [1.807, 2.05) is 30.3 Å². The van der Waals surface area contributed by atoms with Gasteiger partial charge in [0.15, 0.2) is 11.5 Å². The van der Waals surface area contributed by atoms with Gasteiger partial charge in [0.1, 0.15) is 6.61 Å². The SMILES string of the molecule is COc1cc(/C(C)=N/O)ccc1OCc1ccccc1Br. The normalized spacial score (nSPS) is 11.3. The zero-order valence-corrected chi connectivity index (χ0v) is 13.4. The van der Waals surface area contributed by atoms with Crippen molar-refractivity contribution in [2.45, 2.75) is 13.5 Å². The fourth-order valence-electron chi connectivity index (χ4n) is 1.84. The number of ether oxygens (including phenoxy) is 2. The number of nitrogens with zero attached hydrogens (tertiary/aromatic N) is 1. The lowest BCUT2D eigenvalue weighted by Crippen LogP contribution is -2.01. The summed E-state index contributed by atoms with van der Waals surface area (Å²) in [5.41, 5.74) is 2.35. The van der Waals surface area contributed by atoms with Crippen LogP contribution in [0.3, 0.4) is 0 Å². The lowest BCUT2D eigenvalue weighted by molar-refractivity contribution is 0.284. The molecule has 2 aromatic rings. The molecule has 0 amide bonds. The summed E-state index contributed by atoms with van der Waals surface area (Å²) in [6.07, 6.45) is 0. The summed E-state index contributed by atoms with van der Waals surface area (Å²) < 4.78 is 12.1. The number of oxime groups is 1. The predicted octanol–water partition coefficient (Wildman–Crippen LogP) is 4.23. The van der Waals surface area contributed by atoms with Crippen LogP contribution >= 0.6 is 15.9 Å². The van der Waals surface area contributed by atoms with Crippen LogP contribution < -0.4 is 9.47 Å². The molecule has 0 saturated carbocycles. The Morgan fingerprint density at radius 1 is 1.19 bits per heavy atom. The minimum Gasteiger partial charge on any atom is -0.493 e. The van der Waals surface area contributed by atoms with Crippen LogP contribution in [0.15, 0.2) is 52.1 Å². The molecule has 5 heteroatoms. The summed E-state index contributed by atoms with van der Waals surface area (Å²) in [5, 5.41) is 12.0. The van der Waals surface area contributed by atoms with Crippen molar-refractivity contribution in [3.8, 4) is 11.5 Å². The Hall–Kier alpha value is -2.01. The first-order valence-electron chi connectivity index (χ1n) is 6.39. The van der Waals surface area contributed by atoms with E-state index >= 15 is 0 Å². The molecule has 0 aromatic heterocycles. The highest BCUT2D eigenvalue weighted by atomic mass is 79.9. The Bertz CT molecular complexity index is 656. The van der Waals surface area contributed by atoms with E-state index in [0.29, 0.717) is 23.8 Å². The molecule has 0 aliphatic heterocycles. The van der Waals surface area contributed by atoms with E-state index < -0.39 is 0 Å². The minimum atomic E-state index is 0.435. The zero-order valence-electron chi connectivity index (χ0n) is 11.8. The maximum Gasteiger partial charge on any atom is 0.161 e. The molecule has 0 bridgehead atoms. The molecule has 21 heavy (non-hydrogen) atoms. The van der Waals surface area contributed by atoms with Crippen molar-refractivity contribution in [1.82, 2.24) is 0 Å². The van der Waals surface area contributed by atoms with Crippen LogP contribution in [0.5, 0.6) is 11.5 Å². The lowest BCUT2D eigenvalue weighted by Gasteiger charge is -2.12. The molecule has 0 aliphatic carbocycles. The van der Waals surface area contributed by atoms with Crippen LogP contribution in [-0.4, -0.2) is 18.0 Å². The summed E-state index contributed by atoms with van der Waals surface area (Å²) in [6.45, 7) is 2.15. The topological polar surface area (TPSA) is 51.0 Å².